The normalized spacial score (nSPS) is 11.0. The number of fused-ring (bicyclic) bond motifs is 1. The van der Waals surface area contributed by atoms with Gasteiger partial charge in [-0.3, -0.25) is 9.59 Å². The predicted octanol–water partition coefficient (Wildman–Crippen LogP) is 1.71. The summed E-state index contributed by atoms with van der Waals surface area (Å²) in [5.74, 6) is -0.877. The van der Waals surface area contributed by atoms with Crippen molar-refractivity contribution in [3.63, 3.8) is 0 Å². The van der Waals surface area contributed by atoms with E-state index in [1.165, 1.54) is 6.07 Å². The first-order valence-electron chi connectivity index (χ1n) is 6.89. The van der Waals surface area contributed by atoms with E-state index in [2.05, 4.69) is 10.2 Å². The third kappa shape index (κ3) is 2.50. The highest BCUT2D eigenvalue weighted by atomic mass is 16.4. The zero-order valence-corrected chi connectivity index (χ0v) is 12.0. The number of benzene rings is 1. The molecule has 6 nitrogen and oxygen atoms in total. The van der Waals surface area contributed by atoms with Gasteiger partial charge in [0.2, 0.25) is 0 Å². The van der Waals surface area contributed by atoms with Crippen LogP contribution in [0.3, 0.4) is 0 Å². The molecular formula is C16H15N3O3. The van der Waals surface area contributed by atoms with E-state index in [1.807, 2.05) is 31.2 Å². The summed E-state index contributed by atoms with van der Waals surface area (Å²) in [5, 5.41) is 16.6. The molecule has 0 saturated carbocycles. The van der Waals surface area contributed by atoms with Crippen LogP contribution in [0, 0.1) is 6.92 Å². The fourth-order valence-electron chi connectivity index (χ4n) is 2.72. The molecule has 2 heterocycles. The lowest BCUT2D eigenvalue weighted by atomic mass is 10.1. The quantitative estimate of drug-likeness (QED) is 0.767. The molecule has 3 aromatic rings. The number of nitrogens with one attached hydrogen (secondary N) is 1. The minimum Gasteiger partial charge on any atom is -0.480 e. The summed E-state index contributed by atoms with van der Waals surface area (Å²) in [6.07, 6.45) is 0.537. The van der Waals surface area contributed by atoms with Gasteiger partial charge >= 0.3 is 5.97 Å². The number of nitrogens with zero attached hydrogens (tertiary/aromatic N) is 2. The van der Waals surface area contributed by atoms with E-state index in [1.54, 1.807) is 10.6 Å². The summed E-state index contributed by atoms with van der Waals surface area (Å²) in [4.78, 5) is 22.2. The van der Waals surface area contributed by atoms with Crippen LogP contribution in [0.4, 0.5) is 0 Å². The van der Waals surface area contributed by atoms with Crippen molar-refractivity contribution in [2.24, 2.45) is 0 Å². The topological polar surface area (TPSA) is 88.0 Å². The number of para-hydroxylation sites is 1. The molecule has 0 unspecified atom stereocenters. The van der Waals surface area contributed by atoms with Crippen molar-refractivity contribution in [1.29, 1.82) is 0 Å². The number of rotatable bonds is 4. The van der Waals surface area contributed by atoms with Crippen LogP contribution in [0.1, 0.15) is 17.0 Å². The zero-order valence-electron chi connectivity index (χ0n) is 12.0. The van der Waals surface area contributed by atoms with Crippen LogP contribution >= 0.6 is 0 Å². The Kier molecular flexibility index (Phi) is 3.50. The van der Waals surface area contributed by atoms with Gasteiger partial charge in [-0.25, -0.2) is 5.10 Å². The van der Waals surface area contributed by atoms with Gasteiger partial charge in [-0.05, 0) is 24.6 Å². The molecule has 2 aromatic heterocycles. The lowest BCUT2D eigenvalue weighted by Crippen LogP contribution is -2.10. The predicted molar refractivity (Wildman–Crippen MR) is 82.0 cm³/mol. The number of hydrogen-bond acceptors (Lipinski definition) is 3. The first kappa shape index (κ1) is 14.1. The molecule has 0 radical (unpaired) electrons. The molecule has 6 heteroatoms. The minimum atomic E-state index is -0.877. The van der Waals surface area contributed by atoms with Gasteiger partial charge in [0, 0.05) is 29.1 Å². The largest absolute Gasteiger partial charge is 0.480 e. The van der Waals surface area contributed by atoms with Crippen molar-refractivity contribution < 1.29 is 9.90 Å². The third-order valence-corrected chi connectivity index (χ3v) is 3.75. The van der Waals surface area contributed by atoms with Crippen molar-refractivity contribution in [2.45, 2.75) is 19.9 Å². The first-order chi connectivity index (χ1) is 10.6. The summed E-state index contributed by atoms with van der Waals surface area (Å²) in [6.45, 7) is 1.83. The molecule has 1 aromatic carbocycles. The Labute approximate surface area is 126 Å². The Balaban J connectivity index is 2.12. The van der Waals surface area contributed by atoms with Crippen LogP contribution in [0.5, 0.6) is 0 Å². The number of carboxylic acid groups (broad SMARTS) is 1. The number of carboxylic acids is 1. The van der Waals surface area contributed by atoms with E-state index in [-0.39, 0.29) is 12.1 Å². The van der Waals surface area contributed by atoms with E-state index < -0.39 is 5.97 Å². The smallest absolute Gasteiger partial charge is 0.323 e. The summed E-state index contributed by atoms with van der Waals surface area (Å²) < 4.78 is 1.79. The maximum Gasteiger partial charge on any atom is 0.323 e. The second kappa shape index (κ2) is 5.48. The van der Waals surface area contributed by atoms with Crippen molar-refractivity contribution in [3.05, 3.63) is 63.7 Å². The van der Waals surface area contributed by atoms with E-state index in [0.29, 0.717) is 6.42 Å². The SMILES string of the molecule is Cc1c(Cc2ccc(=O)[nH]n2)c2ccccc2n1CC(=O)O. The molecule has 3 rings (SSSR count). The molecule has 2 N–H and O–H groups in total. The number of aromatic amines is 1. The number of aliphatic carboxylic acids is 1. The molecular weight excluding hydrogens is 282 g/mol. The number of carbonyl (C=O) groups is 1. The molecule has 0 fully saturated rings. The van der Waals surface area contributed by atoms with Crippen LogP contribution in [-0.2, 0) is 17.8 Å². The molecule has 0 aliphatic carbocycles. The molecule has 0 atom stereocenters. The monoisotopic (exact) mass is 297 g/mol. The van der Waals surface area contributed by atoms with E-state index >= 15 is 0 Å². The Morgan fingerprint density at radius 3 is 2.73 bits per heavy atom. The number of H-pyrrole nitrogens is 1. The van der Waals surface area contributed by atoms with Gasteiger partial charge in [0.15, 0.2) is 0 Å². The average molecular weight is 297 g/mol. The Morgan fingerprint density at radius 1 is 1.27 bits per heavy atom. The third-order valence-electron chi connectivity index (χ3n) is 3.75. The molecule has 0 aliphatic heterocycles. The van der Waals surface area contributed by atoms with E-state index in [0.717, 1.165) is 27.9 Å². The molecule has 0 amide bonds. The lowest BCUT2D eigenvalue weighted by molar-refractivity contribution is -0.137. The molecule has 0 spiro atoms. The van der Waals surface area contributed by atoms with Crippen molar-refractivity contribution in [2.75, 3.05) is 0 Å². The zero-order chi connectivity index (χ0) is 15.7. The van der Waals surface area contributed by atoms with Crippen LogP contribution in [0.2, 0.25) is 0 Å². The van der Waals surface area contributed by atoms with Gasteiger partial charge in [-0.15, -0.1) is 0 Å². The summed E-state index contributed by atoms with van der Waals surface area (Å²) in [7, 11) is 0. The highest BCUT2D eigenvalue weighted by molar-refractivity contribution is 5.87. The van der Waals surface area contributed by atoms with Crippen LogP contribution in [0.25, 0.3) is 10.9 Å². The molecule has 22 heavy (non-hydrogen) atoms. The summed E-state index contributed by atoms with van der Waals surface area (Å²) in [6, 6.07) is 10.8. The Morgan fingerprint density at radius 2 is 2.05 bits per heavy atom. The van der Waals surface area contributed by atoms with Gasteiger partial charge in [-0.1, -0.05) is 18.2 Å². The van der Waals surface area contributed by atoms with Gasteiger partial charge in [0.05, 0.1) is 5.69 Å². The highest BCUT2D eigenvalue weighted by Gasteiger charge is 2.16. The second-order valence-electron chi connectivity index (χ2n) is 5.15. The number of aromatic nitrogens is 3. The van der Waals surface area contributed by atoms with Gasteiger partial charge < -0.3 is 9.67 Å². The van der Waals surface area contributed by atoms with Gasteiger partial charge in [-0.2, -0.15) is 5.10 Å². The van der Waals surface area contributed by atoms with Crippen LogP contribution in [-0.4, -0.2) is 25.8 Å². The first-order valence-corrected chi connectivity index (χ1v) is 6.89. The lowest BCUT2D eigenvalue weighted by Gasteiger charge is -2.05. The van der Waals surface area contributed by atoms with Crippen LogP contribution < -0.4 is 5.56 Å². The van der Waals surface area contributed by atoms with Gasteiger partial charge in [0.25, 0.3) is 5.56 Å². The summed E-state index contributed by atoms with van der Waals surface area (Å²) >= 11 is 0. The number of hydrogen-bond donors (Lipinski definition) is 2. The average Bonchev–Trinajstić information content (AvgIpc) is 2.75. The standard InChI is InChI=1S/C16H15N3O3/c1-10-13(8-11-6-7-15(20)18-17-11)12-4-2-3-5-14(12)19(10)9-16(21)22/h2-7H,8-9H2,1H3,(H,18,20)(H,21,22). The van der Waals surface area contributed by atoms with E-state index in [4.69, 9.17) is 5.11 Å². The fourth-order valence-corrected chi connectivity index (χ4v) is 2.72. The molecule has 112 valence electrons. The maximum absolute atomic E-state index is 11.1. The molecule has 0 saturated heterocycles. The van der Waals surface area contributed by atoms with Gasteiger partial charge in [0.1, 0.15) is 6.54 Å². The fraction of sp³-hybridized carbons (Fsp3) is 0.188. The van der Waals surface area contributed by atoms with E-state index in [9.17, 15) is 9.59 Å². The second-order valence-corrected chi connectivity index (χ2v) is 5.15. The minimum absolute atomic E-state index is 0.0780. The van der Waals surface area contributed by atoms with Crippen molar-refractivity contribution >= 4 is 16.9 Å². The Bertz CT molecular complexity index is 888. The molecule has 0 bridgehead atoms. The van der Waals surface area contributed by atoms with Crippen LogP contribution in [0.15, 0.2) is 41.2 Å². The van der Waals surface area contributed by atoms with Crippen molar-refractivity contribution in [1.82, 2.24) is 14.8 Å². The highest BCUT2D eigenvalue weighted by Crippen LogP contribution is 2.27. The summed E-state index contributed by atoms with van der Waals surface area (Å²) in [5.41, 5.74) is 3.31. The maximum atomic E-state index is 11.1. The Hall–Kier alpha value is -2.89. The molecule has 0 aliphatic rings. The van der Waals surface area contributed by atoms with Crippen molar-refractivity contribution in [3.8, 4) is 0 Å².